The molecule has 0 atom stereocenters. The van der Waals surface area contributed by atoms with Crippen LogP contribution >= 0.6 is 0 Å². The van der Waals surface area contributed by atoms with Gasteiger partial charge in [0.2, 0.25) is 0 Å². The number of hydrogen-bond acceptors (Lipinski definition) is 7. The Hall–Kier alpha value is -3.80. The van der Waals surface area contributed by atoms with E-state index < -0.39 is 10.9 Å². The summed E-state index contributed by atoms with van der Waals surface area (Å²) in [4.78, 5) is 20.9. The van der Waals surface area contributed by atoms with E-state index in [1.165, 1.54) is 12.1 Å². The molecule has 0 aliphatic heterocycles. The monoisotopic (exact) mass is 339 g/mol. The standard InChI is InChI=1S/C16H13N5O4/c17-9-10-8-11(21(24)25)4-6-14(10)19-20-15-3-1-2-13(18)12(15)5-7-16(22)23/h1-4,6,8H,5,7,18H2,(H,22,23). The van der Waals surface area contributed by atoms with Crippen LogP contribution in [0.15, 0.2) is 46.6 Å². The number of nitrogen functional groups attached to an aromatic ring is 1. The van der Waals surface area contributed by atoms with Gasteiger partial charge in [0.15, 0.2) is 0 Å². The van der Waals surface area contributed by atoms with Gasteiger partial charge < -0.3 is 10.8 Å². The molecular weight excluding hydrogens is 326 g/mol. The molecule has 0 bridgehead atoms. The smallest absolute Gasteiger partial charge is 0.303 e. The van der Waals surface area contributed by atoms with Gasteiger partial charge in [-0.05, 0) is 24.6 Å². The van der Waals surface area contributed by atoms with Gasteiger partial charge in [-0.1, -0.05) is 6.07 Å². The van der Waals surface area contributed by atoms with Crippen LogP contribution in [0.3, 0.4) is 0 Å². The second-order valence-corrected chi connectivity index (χ2v) is 5.01. The molecule has 2 aromatic carbocycles. The van der Waals surface area contributed by atoms with E-state index in [9.17, 15) is 14.9 Å². The number of non-ortho nitro benzene ring substituents is 1. The minimum atomic E-state index is -0.965. The van der Waals surface area contributed by atoms with Crippen LogP contribution in [0, 0.1) is 21.4 Å². The largest absolute Gasteiger partial charge is 0.481 e. The molecule has 9 nitrogen and oxygen atoms in total. The van der Waals surface area contributed by atoms with Crippen molar-refractivity contribution >= 4 is 28.7 Å². The van der Waals surface area contributed by atoms with E-state index in [4.69, 9.17) is 16.1 Å². The molecule has 0 aliphatic carbocycles. The second kappa shape index (κ2) is 7.65. The zero-order valence-electron chi connectivity index (χ0n) is 12.9. The number of rotatable bonds is 6. The fourth-order valence-corrected chi connectivity index (χ4v) is 2.11. The Morgan fingerprint density at radius 2 is 2.00 bits per heavy atom. The molecule has 0 unspecified atom stereocenters. The number of nitro groups is 1. The predicted molar refractivity (Wildman–Crippen MR) is 88.8 cm³/mol. The number of benzene rings is 2. The summed E-state index contributed by atoms with van der Waals surface area (Å²) < 4.78 is 0. The van der Waals surface area contributed by atoms with Gasteiger partial charge >= 0.3 is 5.97 Å². The molecule has 2 aromatic rings. The number of carbonyl (C=O) groups is 1. The van der Waals surface area contributed by atoms with E-state index in [2.05, 4.69) is 10.2 Å². The second-order valence-electron chi connectivity index (χ2n) is 5.01. The van der Waals surface area contributed by atoms with Crippen molar-refractivity contribution in [1.82, 2.24) is 0 Å². The Morgan fingerprint density at radius 3 is 2.64 bits per heavy atom. The minimum Gasteiger partial charge on any atom is -0.481 e. The lowest BCUT2D eigenvalue weighted by Gasteiger charge is -2.07. The van der Waals surface area contributed by atoms with E-state index in [1.54, 1.807) is 18.2 Å². The lowest BCUT2D eigenvalue weighted by molar-refractivity contribution is -0.384. The van der Waals surface area contributed by atoms with Crippen LogP contribution in [-0.4, -0.2) is 16.0 Å². The number of carboxylic acids is 1. The van der Waals surface area contributed by atoms with Crippen LogP contribution in [0.4, 0.5) is 22.7 Å². The number of nitriles is 1. The number of aliphatic carboxylic acids is 1. The highest BCUT2D eigenvalue weighted by molar-refractivity contribution is 5.69. The summed E-state index contributed by atoms with van der Waals surface area (Å²) in [5, 5.41) is 36.7. The van der Waals surface area contributed by atoms with Crippen LogP contribution in [0.1, 0.15) is 17.5 Å². The molecule has 0 spiro atoms. The van der Waals surface area contributed by atoms with Crippen LogP contribution in [0.2, 0.25) is 0 Å². The van der Waals surface area contributed by atoms with Crippen LogP contribution in [0.25, 0.3) is 0 Å². The maximum atomic E-state index is 10.8. The summed E-state index contributed by atoms with van der Waals surface area (Å²) in [5.41, 5.74) is 7.12. The quantitative estimate of drug-likeness (QED) is 0.355. The minimum absolute atomic E-state index is 0.00828. The highest BCUT2D eigenvalue weighted by Gasteiger charge is 2.11. The Morgan fingerprint density at radius 1 is 1.28 bits per heavy atom. The van der Waals surface area contributed by atoms with E-state index in [-0.39, 0.29) is 29.8 Å². The first-order chi connectivity index (χ1) is 11.9. The van der Waals surface area contributed by atoms with Crippen LogP contribution in [0.5, 0.6) is 0 Å². The van der Waals surface area contributed by atoms with E-state index in [1.807, 2.05) is 6.07 Å². The van der Waals surface area contributed by atoms with E-state index >= 15 is 0 Å². The van der Waals surface area contributed by atoms with Crippen molar-refractivity contribution < 1.29 is 14.8 Å². The molecule has 0 fully saturated rings. The Bertz CT molecular complexity index is 902. The van der Waals surface area contributed by atoms with Gasteiger partial charge in [-0.15, -0.1) is 5.11 Å². The number of azo groups is 1. The molecule has 0 saturated carbocycles. The van der Waals surface area contributed by atoms with Gasteiger partial charge in [-0.3, -0.25) is 14.9 Å². The van der Waals surface area contributed by atoms with Crippen molar-refractivity contribution in [2.45, 2.75) is 12.8 Å². The van der Waals surface area contributed by atoms with Crippen molar-refractivity contribution in [2.24, 2.45) is 10.2 Å². The van der Waals surface area contributed by atoms with Gasteiger partial charge in [-0.25, -0.2) is 0 Å². The molecule has 0 saturated heterocycles. The molecule has 0 aromatic heterocycles. The van der Waals surface area contributed by atoms with Crippen LogP contribution < -0.4 is 5.73 Å². The fourth-order valence-electron chi connectivity index (χ4n) is 2.11. The molecule has 2 rings (SSSR count). The molecule has 0 heterocycles. The zero-order valence-corrected chi connectivity index (χ0v) is 12.9. The van der Waals surface area contributed by atoms with E-state index in [0.717, 1.165) is 6.07 Å². The van der Waals surface area contributed by atoms with Gasteiger partial charge in [0, 0.05) is 29.8 Å². The summed E-state index contributed by atoms with van der Waals surface area (Å²) in [6, 6.07) is 10.4. The highest BCUT2D eigenvalue weighted by Crippen LogP contribution is 2.30. The fraction of sp³-hybridized carbons (Fsp3) is 0.125. The number of carboxylic acid groups (broad SMARTS) is 1. The normalized spacial score (nSPS) is 10.5. The lowest BCUT2D eigenvalue weighted by Crippen LogP contribution is -2.00. The number of nitrogens with zero attached hydrogens (tertiary/aromatic N) is 4. The van der Waals surface area contributed by atoms with E-state index in [0.29, 0.717) is 16.9 Å². The zero-order chi connectivity index (χ0) is 18.4. The van der Waals surface area contributed by atoms with Gasteiger partial charge in [0.05, 0.1) is 16.2 Å². The Labute approximate surface area is 142 Å². The molecule has 3 N–H and O–H groups in total. The predicted octanol–water partition coefficient (Wildman–Crippen LogP) is 3.48. The summed E-state index contributed by atoms with van der Waals surface area (Å²) >= 11 is 0. The topological polar surface area (TPSA) is 155 Å². The summed E-state index contributed by atoms with van der Waals surface area (Å²) in [7, 11) is 0. The average Bonchev–Trinajstić information content (AvgIpc) is 2.58. The molecule has 0 amide bonds. The third-order valence-electron chi connectivity index (χ3n) is 3.35. The first-order valence-electron chi connectivity index (χ1n) is 7.12. The van der Waals surface area contributed by atoms with Gasteiger partial charge in [0.1, 0.15) is 11.8 Å². The maximum absolute atomic E-state index is 10.8. The average molecular weight is 339 g/mol. The van der Waals surface area contributed by atoms with Crippen molar-refractivity contribution in [1.29, 1.82) is 5.26 Å². The molecular formula is C16H13N5O4. The van der Waals surface area contributed by atoms with Crippen molar-refractivity contribution in [2.75, 3.05) is 5.73 Å². The Balaban J connectivity index is 2.37. The maximum Gasteiger partial charge on any atom is 0.303 e. The van der Waals surface area contributed by atoms with Crippen molar-refractivity contribution in [3.8, 4) is 6.07 Å². The molecule has 0 aliphatic rings. The number of nitro benzene ring substituents is 1. The third-order valence-corrected chi connectivity index (χ3v) is 3.35. The summed E-state index contributed by atoms with van der Waals surface area (Å²) in [5.74, 6) is -0.965. The number of nitrogens with two attached hydrogens (primary N) is 1. The van der Waals surface area contributed by atoms with Crippen molar-refractivity contribution in [3.63, 3.8) is 0 Å². The molecule has 126 valence electrons. The van der Waals surface area contributed by atoms with Crippen molar-refractivity contribution in [3.05, 3.63) is 57.6 Å². The summed E-state index contributed by atoms with van der Waals surface area (Å²) in [6.07, 6.45) is 0.0689. The number of hydrogen-bond donors (Lipinski definition) is 2. The third kappa shape index (κ3) is 4.35. The van der Waals surface area contributed by atoms with Crippen LogP contribution in [-0.2, 0) is 11.2 Å². The first-order valence-corrected chi connectivity index (χ1v) is 7.12. The lowest BCUT2D eigenvalue weighted by atomic mass is 10.1. The summed E-state index contributed by atoms with van der Waals surface area (Å²) in [6.45, 7) is 0. The molecule has 25 heavy (non-hydrogen) atoms. The van der Waals surface area contributed by atoms with Gasteiger partial charge in [-0.2, -0.15) is 10.4 Å². The molecule has 9 heteroatoms. The SMILES string of the molecule is N#Cc1cc([N+](=O)[O-])ccc1N=Nc1cccc(N)c1CCC(=O)O. The van der Waals surface area contributed by atoms with Gasteiger partial charge in [0.25, 0.3) is 5.69 Å². The Kier molecular flexibility index (Phi) is 5.37. The number of anilines is 1. The highest BCUT2D eigenvalue weighted by atomic mass is 16.6. The first kappa shape index (κ1) is 17.6. The molecule has 0 radical (unpaired) electrons.